The molecule has 1 N–H and O–H groups in total. The third-order valence-electron chi connectivity index (χ3n) is 3.68. The van der Waals surface area contributed by atoms with Crippen molar-refractivity contribution in [1.29, 1.82) is 0 Å². The third kappa shape index (κ3) is 5.61. The summed E-state index contributed by atoms with van der Waals surface area (Å²) in [7, 11) is 1.35. The molecule has 1 amide bonds. The number of methoxy groups -OCH3 is 1. The summed E-state index contributed by atoms with van der Waals surface area (Å²) in [5.74, 6) is -1.33. The van der Waals surface area contributed by atoms with Crippen molar-refractivity contribution in [2.45, 2.75) is 25.9 Å². The van der Waals surface area contributed by atoms with E-state index in [9.17, 15) is 24.5 Å². The Labute approximate surface area is 164 Å². The lowest BCUT2D eigenvalue weighted by Crippen LogP contribution is -2.30. The Bertz CT molecular complexity index is 880. The lowest BCUT2D eigenvalue weighted by Gasteiger charge is -2.15. The average molecular weight is 406 g/mol. The second-order valence-corrected chi connectivity index (χ2v) is 6.61. The molecule has 0 unspecified atom stereocenters. The predicted octanol–water partition coefficient (Wildman–Crippen LogP) is 3.20. The number of nitro groups is 1. The van der Waals surface area contributed by atoms with Crippen LogP contribution in [0.15, 0.2) is 35.7 Å². The highest BCUT2D eigenvalue weighted by molar-refractivity contribution is 7.12. The Morgan fingerprint density at radius 1 is 1.25 bits per heavy atom. The van der Waals surface area contributed by atoms with Crippen molar-refractivity contribution in [1.82, 2.24) is 0 Å². The van der Waals surface area contributed by atoms with E-state index in [0.717, 1.165) is 6.07 Å². The van der Waals surface area contributed by atoms with E-state index in [1.165, 1.54) is 37.5 Å². The van der Waals surface area contributed by atoms with Gasteiger partial charge in [-0.15, -0.1) is 11.3 Å². The average Bonchev–Trinajstić information content (AvgIpc) is 3.20. The first-order valence-electron chi connectivity index (χ1n) is 8.21. The van der Waals surface area contributed by atoms with Crippen LogP contribution in [0.25, 0.3) is 0 Å². The van der Waals surface area contributed by atoms with E-state index in [2.05, 4.69) is 5.32 Å². The fraction of sp³-hybridized carbons (Fsp3) is 0.278. The number of nitrogens with zero attached hydrogens (tertiary/aromatic N) is 1. The van der Waals surface area contributed by atoms with Gasteiger partial charge in [0.2, 0.25) is 0 Å². The zero-order valence-corrected chi connectivity index (χ0v) is 16.0. The molecule has 0 aliphatic heterocycles. The van der Waals surface area contributed by atoms with Crippen LogP contribution in [0.4, 0.5) is 11.4 Å². The van der Waals surface area contributed by atoms with Crippen molar-refractivity contribution < 1.29 is 28.8 Å². The maximum atomic E-state index is 12.2. The zero-order valence-electron chi connectivity index (χ0n) is 15.2. The summed E-state index contributed by atoms with van der Waals surface area (Å²) in [5.41, 5.74) is -0.148. The van der Waals surface area contributed by atoms with Crippen LogP contribution in [0.1, 0.15) is 29.4 Å². The predicted molar refractivity (Wildman–Crippen MR) is 102 cm³/mol. The summed E-state index contributed by atoms with van der Waals surface area (Å²) < 4.78 is 10.1. The van der Waals surface area contributed by atoms with Gasteiger partial charge in [-0.05, 0) is 24.4 Å². The van der Waals surface area contributed by atoms with Gasteiger partial charge in [0, 0.05) is 18.6 Å². The number of thiophene rings is 1. The summed E-state index contributed by atoms with van der Waals surface area (Å²) in [4.78, 5) is 46.8. The number of rotatable bonds is 9. The molecule has 2 rings (SSSR count). The largest absolute Gasteiger partial charge is 0.495 e. The summed E-state index contributed by atoms with van der Waals surface area (Å²) in [5, 5.41) is 15.1. The van der Waals surface area contributed by atoms with Crippen molar-refractivity contribution >= 4 is 40.4 Å². The molecule has 0 radical (unpaired) electrons. The molecule has 9 nitrogen and oxygen atoms in total. The number of hydrogen-bond acceptors (Lipinski definition) is 8. The summed E-state index contributed by atoms with van der Waals surface area (Å²) in [6.45, 7) is 1.36. The number of carbonyl (C=O) groups excluding carboxylic acids is 3. The summed E-state index contributed by atoms with van der Waals surface area (Å²) in [6, 6.07) is 7.14. The molecule has 0 aliphatic carbocycles. The van der Waals surface area contributed by atoms with Gasteiger partial charge in [-0.2, -0.15) is 0 Å². The van der Waals surface area contributed by atoms with Gasteiger partial charge >= 0.3 is 5.97 Å². The number of carbonyl (C=O) groups is 3. The first kappa shape index (κ1) is 21.0. The van der Waals surface area contributed by atoms with Gasteiger partial charge in [-0.25, -0.2) is 0 Å². The molecule has 0 aliphatic rings. The molecule has 1 atom stereocenters. The quantitative estimate of drug-likeness (QED) is 0.293. The van der Waals surface area contributed by atoms with Crippen LogP contribution in [-0.2, 0) is 14.3 Å². The highest BCUT2D eigenvalue weighted by atomic mass is 32.1. The van der Waals surface area contributed by atoms with Gasteiger partial charge in [0.05, 0.1) is 29.0 Å². The number of nitrogens with one attached hydrogen (secondary N) is 1. The third-order valence-corrected chi connectivity index (χ3v) is 4.59. The van der Waals surface area contributed by atoms with E-state index in [-0.39, 0.29) is 35.7 Å². The summed E-state index contributed by atoms with van der Waals surface area (Å²) in [6.07, 6.45) is -1.34. The van der Waals surface area contributed by atoms with Crippen molar-refractivity contribution in [3.05, 3.63) is 50.7 Å². The maximum absolute atomic E-state index is 12.2. The van der Waals surface area contributed by atoms with Crippen molar-refractivity contribution in [2.24, 2.45) is 0 Å². The van der Waals surface area contributed by atoms with E-state index >= 15 is 0 Å². The van der Waals surface area contributed by atoms with Gasteiger partial charge in [-0.3, -0.25) is 24.5 Å². The topological polar surface area (TPSA) is 125 Å². The first-order valence-corrected chi connectivity index (χ1v) is 9.09. The maximum Gasteiger partial charge on any atom is 0.307 e. The molecule has 148 valence electrons. The molecule has 10 heteroatoms. The molecular weight excluding hydrogens is 388 g/mol. The molecule has 0 saturated carbocycles. The standard InChI is InChI=1S/C18H18N2O7S/c1-11(27-17(22)8-6-14(21)16-4-3-9-28-16)18(23)19-13-10-12(20(24)25)5-7-15(13)26-2/h3-5,7,9-11H,6,8H2,1-2H3,(H,19,23)/t11-/m0/s1. The molecule has 0 fully saturated rings. The zero-order chi connectivity index (χ0) is 20.7. The number of ether oxygens (including phenoxy) is 2. The Morgan fingerprint density at radius 3 is 2.61 bits per heavy atom. The number of ketones is 1. The number of anilines is 1. The van der Waals surface area contributed by atoms with E-state index in [1.807, 2.05) is 0 Å². The Morgan fingerprint density at radius 2 is 2.00 bits per heavy atom. The fourth-order valence-electron chi connectivity index (χ4n) is 2.23. The molecule has 1 heterocycles. The monoisotopic (exact) mass is 406 g/mol. The molecule has 0 spiro atoms. The number of benzene rings is 1. The fourth-order valence-corrected chi connectivity index (χ4v) is 2.92. The minimum Gasteiger partial charge on any atom is -0.495 e. The van der Waals surface area contributed by atoms with Gasteiger partial charge in [0.15, 0.2) is 11.9 Å². The molecule has 1 aromatic heterocycles. The van der Waals surface area contributed by atoms with E-state index in [4.69, 9.17) is 9.47 Å². The van der Waals surface area contributed by atoms with Crippen LogP contribution in [0, 0.1) is 10.1 Å². The normalized spacial score (nSPS) is 11.4. The van der Waals surface area contributed by atoms with Crippen molar-refractivity contribution in [3.8, 4) is 5.75 Å². The van der Waals surface area contributed by atoms with Crippen molar-refractivity contribution in [2.75, 3.05) is 12.4 Å². The Balaban J connectivity index is 1.91. The number of hydrogen-bond donors (Lipinski definition) is 1. The van der Waals surface area contributed by atoms with Crippen LogP contribution in [-0.4, -0.2) is 35.8 Å². The number of esters is 1. The first-order chi connectivity index (χ1) is 13.3. The second-order valence-electron chi connectivity index (χ2n) is 5.66. The second kappa shape index (κ2) is 9.60. The van der Waals surface area contributed by atoms with E-state index in [0.29, 0.717) is 4.88 Å². The van der Waals surface area contributed by atoms with Gasteiger partial charge in [-0.1, -0.05) is 6.07 Å². The molecule has 0 saturated heterocycles. The molecule has 28 heavy (non-hydrogen) atoms. The smallest absolute Gasteiger partial charge is 0.307 e. The molecule has 2 aromatic rings. The molecule has 0 bridgehead atoms. The Hall–Kier alpha value is -3.27. The highest BCUT2D eigenvalue weighted by Crippen LogP contribution is 2.29. The van der Waals surface area contributed by atoms with Gasteiger partial charge in [0.1, 0.15) is 5.75 Å². The number of Topliss-reactive ketones (excluding diaryl/α,β-unsaturated/α-hetero) is 1. The van der Waals surface area contributed by atoms with E-state index < -0.39 is 22.9 Å². The number of amides is 1. The van der Waals surface area contributed by atoms with Crippen LogP contribution < -0.4 is 10.1 Å². The van der Waals surface area contributed by atoms with Gasteiger partial charge < -0.3 is 14.8 Å². The molecule has 1 aromatic carbocycles. The van der Waals surface area contributed by atoms with Crippen LogP contribution >= 0.6 is 11.3 Å². The van der Waals surface area contributed by atoms with Crippen LogP contribution in [0.3, 0.4) is 0 Å². The van der Waals surface area contributed by atoms with Gasteiger partial charge in [0.25, 0.3) is 11.6 Å². The van der Waals surface area contributed by atoms with E-state index in [1.54, 1.807) is 17.5 Å². The number of non-ortho nitro benzene ring substituents is 1. The molecular formula is C18H18N2O7S. The van der Waals surface area contributed by atoms with Crippen LogP contribution in [0.2, 0.25) is 0 Å². The highest BCUT2D eigenvalue weighted by Gasteiger charge is 2.21. The lowest BCUT2D eigenvalue weighted by molar-refractivity contribution is -0.384. The minimum atomic E-state index is -1.16. The minimum absolute atomic E-state index is 0.0214. The van der Waals surface area contributed by atoms with Crippen molar-refractivity contribution in [3.63, 3.8) is 0 Å². The lowest BCUT2D eigenvalue weighted by atomic mass is 10.2. The SMILES string of the molecule is COc1ccc([N+](=O)[O-])cc1NC(=O)[C@H](C)OC(=O)CCC(=O)c1cccs1. The summed E-state index contributed by atoms with van der Waals surface area (Å²) >= 11 is 1.28. The number of nitro benzene ring substituents is 1. The van der Waals surface area contributed by atoms with Crippen LogP contribution in [0.5, 0.6) is 5.75 Å². The Kier molecular flexibility index (Phi) is 7.21.